The first kappa shape index (κ1) is 19.0. The van der Waals surface area contributed by atoms with E-state index in [0.717, 1.165) is 6.29 Å². The number of carbonyl (C=O) groups is 2. The van der Waals surface area contributed by atoms with Crippen molar-refractivity contribution in [3.63, 3.8) is 0 Å². The summed E-state index contributed by atoms with van der Waals surface area (Å²) >= 11 is 0. The van der Waals surface area contributed by atoms with Crippen LogP contribution in [0.2, 0.25) is 0 Å². The molecule has 0 aliphatic heterocycles. The molecule has 0 bridgehead atoms. The van der Waals surface area contributed by atoms with Crippen LogP contribution < -0.4 is 5.32 Å². The highest BCUT2D eigenvalue weighted by molar-refractivity contribution is 5.81. The highest BCUT2D eigenvalue weighted by Crippen LogP contribution is 1.94. The minimum Gasteiger partial charge on any atom is -0.311 e. The number of nitrogens with one attached hydrogen (secondary N) is 1. The van der Waals surface area contributed by atoms with Crippen molar-refractivity contribution in [2.24, 2.45) is 0 Å². The second-order valence-corrected chi connectivity index (χ2v) is 2.20. The van der Waals surface area contributed by atoms with Gasteiger partial charge in [-0.2, -0.15) is 0 Å². The Morgan fingerprint density at radius 2 is 1.71 bits per heavy atom. The summed E-state index contributed by atoms with van der Waals surface area (Å²) in [5, 5.41) is 2.83. The van der Waals surface area contributed by atoms with Crippen molar-refractivity contribution < 1.29 is 9.59 Å². The summed E-state index contributed by atoms with van der Waals surface area (Å²) in [6.45, 7) is 9.52. The number of Topliss-reactive ketones (excluding diaryl/α,β-unsaturated/α-hetero) is 1. The van der Waals surface area contributed by atoms with Crippen LogP contribution in [-0.4, -0.2) is 25.2 Å². The van der Waals surface area contributed by atoms with Crippen molar-refractivity contribution in [2.75, 3.05) is 7.05 Å². The normalized spacial score (nSPS) is 9.86. The Kier molecular flexibility index (Phi) is 24.6. The number of ketones is 1. The molecule has 14 heavy (non-hydrogen) atoms. The van der Waals surface area contributed by atoms with Gasteiger partial charge < -0.3 is 10.1 Å². The Bertz CT molecular complexity index is 124. The van der Waals surface area contributed by atoms with Crippen LogP contribution in [0.25, 0.3) is 0 Å². The van der Waals surface area contributed by atoms with Crippen LogP contribution in [0.4, 0.5) is 0 Å². The standard InChI is InChI=1S/C7H13NO2.2C2H6/c1-6(10)7(8-2)4-3-5-9;2*1-2/h5,7-8H,3-4H2,1-2H3;2*1-2H3. The fourth-order valence-corrected chi connectivity index (χ4v) is 0.786. The zero-order valence-electron chi connectivity index (χ0n) is 10.4. The maximum absolute atomic E-state index is 10.7. The fraction of sp³-hybridized carbons (Fsp3) is 0.818. The van der Waals surface area contributed by atoms with Gasteiger partial charge >= 0.3 is 0 Å². The van der Waals surface area contributed by atoms with Gasteiger partial charge in [0, 0.05) is 6.42 Å². The molecule has 3 nitrogen and oxygen atoms in total. The minimum atomic E-state index is -0.148. The third-order valence-corrected chi connectivity index (χ3v) is 1.41. The average Bonchev–Trinajstić information content (AvgIpc) is 2.24. The zero-order valence-corrected chi connectivity index (χ0v) is 10.4. The lowest BCUT2D eigenvalue weighted by Crippen LogP contribution is -2.32. The van der Waals surface area contributed by atoms with Gasteiger partial charge in [0.2, 0.25) is 0 Å². The molecule has 0 heterocycles. The molecule has 0 saturated heterocycles. The summed E-state index contributed by atoms with van der Waals surface area (Å²) in [4.78, 5) is 20.6. The Hall–Kier alpha value is -0.700. The van der Waals surface area contributed by atoms with Gasteiger partial charge in [0.25, 0.3) is 0 Å². The third-order valence-electron chi connectivity index (χ3n) is 1.41. The molecule has 0 radical (unpaired) electrons. The molecule has 0 aliphatic rings. The van der Waals surface area contributed by atoms with E-state index < -0.39 is 0 Å². The van der Waals surface area contributed by atoms with Crippen molar-refractivity contribution >= 4 is 12.1 Å². The Labute approximate surface area is 88.3 Å². The van der Waals surface area contributed by atoms with Crippen molar-refractivity contribution in [2.45, 2.75) is 53.5 Å². The zero-order chi connectivity index (χ0) is 12.0. The SMILES string of the molecule is CC.CC.CNC(CCC=O)C(C)=O. The van der Waals surface area contributed by atoms with Crippen molar-refractivity contribution in [1.82, 2.24) is 5.32 Å². The molecular weight excluding hydrogens is 178 g/mol. The highest BCUT2D eigenvalue weighted by Gasteiger charge is 2.09. The number of hydrogen-bond acceptors (Lipinski definition) is 3. The second kappa shape index (κ2) is 18.2. The van der Waals surface area contributed by atoms with Crippen LogP contribution in [-0.2, 0) is 9.59 Å². The quantitative estimate of drug-likeness (QED) is 0.697. The van der Waals surface area contributed by atoms with Gasteiger partial charge in [-0.25, -0.2) is 0 Å². The number of hydrogen-bond donors (Lipinski definition) is 1. The van der Waals surface area contributed by atoms with Gasteiger partial charge in [0.15, 0.2) is 0 Å². The summed E-state index contributed by atoms with van der Waals surface area (Å²) in [7, 11) is 1.72. The fourth-order valence-electron chi connectivity index (χ4n) is 0.786. The molecule has 3 heteroatoms. The molecule has 0 aromatic carbocycles. The van der Waals surface area contributed by atoms with Crippen LogP contribution in [0.15, 0.2) is 0 Å². The van der Waals surface area contributed by atoms with E-state index in [9.17, 15) is 9.59 Å². The van der Waals surface area contributed by atoms with Gasteiger partial charge in [-0.3, -0.25) is 4.79 Å². The van der Waals surface area contributed by atoms with Gasteiger partial charge in [-0.15, -0.1) is 0 Å². The smallest absolute Gasteiger partial charge is 0.146 e. The van der Waals surface area contributed by atoms with Crippen LogP contribution >= 0.6 is 0 Å². The summed E-state index contributed by atoms with van der Waals surface area (Å²) in [6, 6.07) is -0.148. The maximum Gasteiger partial charge on any atom is 0.146 e. The number of aldehydes is 1. The van der Waals surface area contributed by atoms with Crippen molar-refractivity contribution in [3.05, 3.63) is 0 Å². The Balaban J connectivity index is -0.000000266. The highest BCUT2D eigenvalue weighted by atomic mass is 16.1. The lowest BCUT2D eigenvalue weighted by Gasteiger charge is -2.09. The summed E-state index contributed by atoms with van der Waals surface area (Å²) in [6.07, 6.45) is 1.88. The summed E-state index contributed by atoms with van der Waals surface area (Å²) in [5.41, 5.74) is 0. The van der Waals surface area contributed by atoms with E-state index in [0.29, 0.717) is 12.8 Å². The molecule has 1 unspecified atom stereocenters. The molecule has 0 amide bonds. The van der Waals surface area contributed by atoms with Gasteiger partial charge in [-0.1, -0.05) is 27.7 Å². The number of likely N-dealkylation sites (N-methyl/N-ethyl adjacent to an activating group) is 1. The first-order valence-electron chi connectivity index (χ1n) is 5.33. The monoisotopic (exact) mass is 203 g/mol. The topological polar surface area (TPSA) is 46.2 Å². The molecule has 0 saturated carbocycles. The minimum absolute atomic E-state index is 0.0874. The van der Waals surface area contributed by atoms with E-state index in [2.05, 4.69) is 5.32 Å². The van der Waals surface area contributed by atoms with E-state index in [1.807, 2.05) is 27.7 Å². The molecule has 0 aromatic heterocycles. The van der Waals surface area contributed by atoms with Gasteiger partial charge in [0.05, 0.1) is 6.04 Å². The molecule has 0 aromatic rings. The van der Waals surface area contributed by atoms with Crippen LogP contribution in [0.5, 0.6) is 0 Å². The summed E-state index contributed by atoms with van der Waals surface area (Å²) in [5.74, 6) is 0.0874. The molecular formula is C11H25NO2. The third kappa shape index (κ3) is 13.9. The molecule has 0 rings (SSSR count). The molecule has 1 atom stereocenters. The predicted octanol–water partition coefficient (Wildman–Crippen LogP) is 2.19. The van der Waals surface area contributed by atoms with Crippen molar-refractivity contribution in [3.8, 4) is 0 Å². The molecule has 86 valence electrons. The number of carbonyl (C=O) groups excluding carboxylic acids is 2. The molecule has 0 fully saturated rings. The van der Waals surface area contributed by atoms with Gasteiger partial charge in [-0.05, 0) is 20.4 Å². The van der Waals surface area contributed by atoms with E-state index in [-0.39, 0.29) is 11.8 Å². The second-order valence-electron chi connectivity index (χ2n) is 2.20. The maximum atomic E-state index is 10.7. The van der Waals surface area contributed by atoms with Crippen molar-refractivity contribution in [1.29, 1.82) is 0 Å². The predicted molar refractivity (Wildman–Crippen MR) is 61.5 cm³/mol. The lowest BCUT2D eigenvalue weighted by atomic mass is 10.1. The van der Waals surface area contributed by atoms with Crippen LogP contribution in [0.1, 0.15) is 47.5 Å². The van der Waals surface area contributed by atoms with E-state index in [4.69, 9.17) is 0 Å². The van der Waals surface area contributed by atoms with Crippen LogP contribution in [0, 0.1) is 0 Å². The summed E-state index contributed by atoms with van der Waals surface area (Å²) < 4.78 is 0. The van der Waals surface area contributed by atoms with E-state index >= 15 is 0 Å². The van der Waals surface area contributed by atoms with E-state index in [1.165, 1.54) is 6.92 Å². The lowest BCUT2D eigenvalue weighted by molar-refractivity contribution is -0.119. The molecule has 1 N–H and O–H groups in total. The first-order chi connectivity index (χ1) is 6.72. The van der Waals surface area contributed by atoms with Crippen LogP contribution in [0.3, 0.4) is 0 Å². The largest absolute Gasteiger partial charge is 0.311 e. The Morgan fingerprint density at radius 1 is 1.29 bits per heavy atom. The average molecular weight is 203 g/mol. The number of rotatable bonds is 5. The van der Waals surface area contributed by atoms with Gasteiger partial charge in [0.1, 0.15) is 12.1 Å². The molecule has 0 spiro atoms. The first-order valence-corrected chi connectivity index (χ1v) is 5.33. The molecule has 0 aliphatic carbocycles. The van der Waals surface area contributed by atoms with E-state index in [1.54, 1.807) is 7.05 Å². The Morgan fingerprint density at radius 3 is 1.93 bits per heavy atom.